The van der Waals surface area contributed by atoms with E-state index in [0.717, 1.165) is 10.5 Å². The summed E-state index contributed by atoms with van der Waals surface area (Å²) in [6, 6.07) is 19.6. The standard InChI is InChI=1S/C22H18Cl2N2O2S/c1-14-5-7-15(8-6-14)22(28)25-17-3-2-4-18(12-17)29-13-21(27)26-20-11-16(23)9-10-19(20)24/h2-12H,13H2,1H3,(H,25,28)(H,26,27). The number of carbonyl (C=O) groups excluding carboxylic acids is 2. The lowest BCUT2D eigenvalue weighted by Gasteiger charge is -2.09. The molecule has 0 heterocycles. The molecule has 0 atom stereocenters. The number of benzene rings is 3. The zero-order valence-corrected chi connectivity index (χ0v) is 17.9. The molecule has 0 aliphatic heterocycles. The van der Waals surface area contributed by atoms with E-state index in [0.29, 0.717) is 27.0 Å². The molecule has 7 heteroatoms. The Kier molecular flexibility index (Phi) is 7.20. The topological polar surface area (TPSA) is 58.2 Å². The van der Waals surface area contributed by atoms with Crippen LogP contribution in [0.5, 0.6) is 0 Å². The molecule has 3 aromatic rings. The number of rotatable bonds is 6. The number of carbonyl (C=O) groups is 2. The molecule has 0 saturated carbocycles. The summed E-state index contributed by atoms with van der Waals surface area (Å²) in [5.41, 5.74) is 2.83. The van der Waals surface area contributed by atoms with E-state index >= 15 is 0 Å². The number of thioether (sulfide) groups is 1. The lowest BCUT2D eigenvalue weighted by Crippen LogP contribution is -2.14. The maximum Gasteiger partial charge on any atom is 0.255 e. The van der Waals surface area contributed by atoms with Crippen LogP contribution in [-0.2, 0) is 4.79 Å². The van der Waals surface area contributed by atoms with Gasteiger partial charge in [-0.3, -0.25) is 9.59 Å². The number of nitrogens with one attached hydrogen (secondary N) is 2. The van der Waals surface area contributed by atoms with E-state index in [1.54, 1.807) is 30.3 Å². The second kappa shape index (κ2) is 9.83. The van der Waals surface area contributed by atoms with E-state index in [1.165, 1.54) is 11.8 Å². The van der Waals surface area contributed by atoms with Crippen LogP contribution in [0.25, 0.3) is 0 Å². The zero-order valence-electron chi connectivity index (χ0n) is 15.5. The Morgan fingerprint density at radius 2 is 1.69 bits per heavy atom. The highest BCUT2D eigenvalue weighted by molar-refractivity contribution is 8.00. The average Bonchev–Trinajstić information content (AvgIpc) is 2.70. The summed E-state index contributed by atoms with van der Waals surface area (Å²) in [6.07, 6.45) is 0. The summed E-state index contributed by atoms with van der Waals surface area (Å²) in [6.45, 7) is 1.97. The van der Waals surface area contributed by atoms with Crippen LogP contribution in [0.3, 0.4) is 0 Å². The maximum absolute atomic E-state index is 12.4. The van der Waals surface area contributed by atoms with Crippen molar-refractivity contribution < 1.29 is 9.59 Å². The molecule has 0 unspecified atom stereocenters. The van der Waals surface area contributed by atoms with Gasteiger partial charge in [0, 0.05) is 21.2 Å². The fraction of sp³-hybridized carbons (Fsp3) is 0.0909. The van der Waals surface area contributed by atoms with Crippen molar-refractivity contribution >= 4 is 58.2 Å². The third kappa shape index (κ3) is 6.26. The van der Waals surface area contributed by atoms with Crippen LogP contribution in [-0.4, -0.2) is 17.6 Å². The van der Waals surface area contributed by atoms with Gasteiger partial charge in [-0.1, -0.05) is 47.0 Å². The van der Waals surface area contributed by atoms with Crippen LogP contribution in [0.2, 0.25) is 10.0 Å². The molecule has 0 aliphatic rings. The molecule has 3 rings (SSSR count). The van der Waals surface area contributed by atoms with Crippen LogP contribution in [0.1, 0.15) is 15.9 Å². The van der Waals surface area contributed by atoms with Gasteiger partial charge in [0.15, 0.2) is 0 Å². The van der Waals surface area contributed by atoms with Crippen molar-refractivity contribution in [2.75, 3.05) is 16.4 Å². The third-order valence-electron chi connectivity index (χ3n) is 3.98. The Hall–Kier alpha value is -2.47. The Labute approximate surface area is 183 Å². The van der Waals surface area contributed by atoms with E-state index in [2.05, 4.69) is 10.6 Å². The first-order valence-electron chi connectivity index (χ1n) is 8.76. The van der Waals surface area contributed by atoms with Crippen LogP contribution < -0.4 is 10.6 Å². The molecule has 0 fully saturated rings. The summed E-state index contributed by atoms with van der Waals surface area (Å²) in [5, 5.41) is 6.54. The van der Waals surface area contributed by atoms with E-state index in [1.807, 2.05) is 43.3 Å². The van der Waals surface area contributed by atoms with Gasteiger partial charge in [0.05, 0.1) is 16.5 Å². The fourth-order valence-corrected chi connectivity index (χ4v) is 3.59. The summed E-state index contributed by atoms with van der Waals surface area (Å²) in [7, 11) is 0. The van der Waals surface area contributed by atoms with Crippen molar-refractivity contribution in [3.05, 3.63) is 87.9 Å². The Bertz CT molecular complexity index is 1040. The number of hydrogen-bond acceptors (Lipinski definition) is 3. The van der Waals surface area contributed by atoms with Gasteiger partial charge in [0.1, 0.15) is 0 Å². The molecule has 0 spiro atoms. The summed E-state index contributed by atoms with van der Waals surface area (Å²) >= 11 is 13.4. The predicted molar refractivity (Wildman–Crippen MR) is 121 cm³/mol. The Morgan fingerprint density at radius 3 is 2.45 bits per heavy atom. The predicted octanol–water partition coefficient (Wildman–Crippen LogP) is 6.28. The van der Waals surface area contributed by atoms with Gasteiger partial charge in [-0.25, -0.2) is 0 Å². The average molecular weight is 445 g/mol. The minimum Gasteiger partial charge on any atom is -0.324 e. The van der Waals surface area contributed by atoms with Crippen molar-refractivity contribution in [2.24, 2.45) is 0 Å². The molecule has 2 N–H and O–H groups in total. The molecule has 4 nitrogen and oxygen atoms in total. The molecule has 0 bridgehead atoms. The number of halogens is 2. The van der Waals surface area contributed by atoms with Crippen LogP contribution in [0.15, 0.2) is 71.6 Å². The largest absolute Gasteiger partial charge is 0.324 e. The maximum atomic E-state index is 12.4. The highest BCUT2D eigenvalue weighted by atomic mass is 35.5. The van der Waals surface area contributed by atoms with Gasteiger partial charge >= 0.3 is 0 Å². The van der Waals surface area contributed by atoms with Gasteiger partial charge in [-0.2, -0.15) is 0 Å². The molecule has 2 amide bonds. The SMILES string of the molecule is Cc1ccc(C(=O)Nc2cccc(SCC(=O)Nc3cc(Cl)ccc3Cl)c2)cc1. The van der Waals surface area contributed by atoms with E-state index in [-0.39, 0.29) is 17.6 Å². The first-order valence-corrected chi connectivity index (χ1v) is 10.5. The van der Waals surface area contributed by atoms with E-state index < -0.39 is 0 Å². The first kappa shape index (κ1) is 21.2. The third-order valence-corrected chi connectivity index (χ3v) is 5.54. The number of hydrogen-bond donors (Lipinski definition) is 2. The minimum absolute atomic E-state index is 0.180. The Morgan fingerprint density at radius 1 is 0.931 bits per heavy atom. The smallest absolute Gasteiger partial charge is 0.255 e. The fourth-order valence-electron chi connectivity index (χ4n) is 2.50. The second-order valence-corrected chi connectivity index (χ2v) is 8.20. The molecular weight excluding hydrogens is 427 g/mol. The first-order chi connectivity index (χ1) is 13.9. The van der Waals surface area contributed by atoms with Gasteiger partial charge in [-0.05, 0) is 55.5 Å². The molecule has 0 saturated heterocycles. The van der Waals surface area contributed by atoms with Crippen molar-refractivity contribution in [2.45, 2.75) is 11.8 Å². The second-order valence-electron chi connectivity index (χ2n) is 6.31. The molecule has 0 aliphatic carbocycles. The van der Waals surface area contributed by atoms with Crippen molar-refractivity contribution in [1.29, 1.82) is 0 Å². The lowest BCUT2D eigenvalue weighted by atomic mass is 10.1. The summed E-state index contributed by atoms with van der Waals surface area (Å²) < 4.78 is 0. The normalized spacial score (nSPS) is 10.4. The molecule has 29 heavy (non-hydrogen) atoms. The molecular formula is C22H18Cl2N2O2S. The quantitative estimate of drug-likeness (QED) is 0.439. The van der Waals surface area contributed by atoms with Gasteiger partial charge in [0.2, 0.25) is 5.91 Å². The summed E-state index contributed by atoms with van der Waals surface area (Å²) in [4.78, 5) is 25.4. The van der Waals surface area contributed by atoms with Crippen molar-refractivity contribution in [3.8, 4) is 0 Å². The Balaban J connectivity index is 1.58. The van der Waals surface area contributed by atoms with Gasteiger partial charge in [-0.15, -0.1) is 11.8 Å². The van der Waals surface area contributed by atoms with E-state index in [4.69, 9.17) is 23.2 Å². The monoisotopic (exact) mass is 444 g/mol. The molecule has 0 aromatic heterocycles. The highest BCUT2D eigenvalue weighted by Gasteiger charge is 2.09. The number of amides is 2. The summed E-state index contributed by atoms with van der Waals surface area (Å²) in [5.74, 6) is -0.188. The van der Waals surface area contributed by atoms with Crippen LogP contribution in [0.4, 0.5) is 11.4 Å². The minimum atomic E-state index is -0.201. The van der Waals surface area contributed by atoms with Crippen molar-refractivity contribution in [3.63, 3.8) is 0 Å². The van der Waals surface area contributed by atoms with Gasteiger partial charge < -0.3 is 10.6 Å². The van der Waals surface area contributed by atoms with Crippen molar-refractivity contribution in [1.82, 2.24) is 0 Å². The van der Waals surface area contributed by atoms with Crippen LogP contribution >= 0.6 is 35.0 Å². The molecule has 148 valence electrons. The van der Waals surface area contributed by atoms with Gasteiger partial charge in [0.25, 0.3) is 5.91 Å². The lowest BCUT2D eigenvalue weighted by molar-refractivity contribution is -0.113. The number of aryl methyl sites for hydroxylation is 1. The zero-order chi connectivity index (χ0) is 20.8. The molecule has 3 aromatic carbocycles. The van der Waals surface area contributed by atoms with Crippen LogP contribution in [0, 0.1) is 6.92 Å². The molecule has 0 radical (unpaired) electrons. The number of anilines is 2. The highest BCUT2D eigenvalue weighted by Crippen LogP contribution is 2.26. The van der Waals surface area contributed by atoms with E-state index in [9.17, 15) is 9.59 Å².